The van der Waals surface area contributed by atoms with Gasteiger partial charge in [-0.05, 0) is 42.9 Å². The molecule has 1 fully saturated rings. The molecule has 0 saturated heterocycles. The van der Waals surface area contributed by atoms with Crippen LogP contribution >= 0.6 is 0 Å². The highest BCUT2D eigenvalue weighted by molar-refractivity contribution is 5.87. The van der Waals surface area contributed by atoms with Crippen molar-refractivity contribution in [1.29, 1.82) is 0 Å². The van der Waals surface area contributed by atoms with Gasteiger partial charge < -0.3 is 9.73 Å². The summed E-state index contributed by atoms with van der Waals surface area (Å²) in [5.41, 5.74) is 1.89. The summed E-state index contributed by atoms with van der Waals surface area (Å²) in [6.07, 6.45) is 3.90. The number of carbonyl (C=O) groups is 1. The van der Waals surface area contributed by atoms with Crippen molar-refractivity contribution in [2.75, 3.05) is 6.54 Å². The summed E-state index contributed by atoms with van der Waals surface area (Å²) in [4.78, 5) is 23.7. The standard InChI is InChI=1S/C17H19NO3/c1-11-5-6-14-13(9-17(20)21-15(14)7-11)8-16(19)18-10-12-3-2-4-12/h5-7,9,12H,2-4,8,10H2,1H3,(H,18,19). The second kappa shape index (κ2) is 5.72. The molecule has 4 heteroatoms. The highest BCUT2D eigenvalue weighted by atomic mass is 16.4. The van der Waals surface area contributed by atoms with E-state index in [1.807, 2.05) is 25.1 Å². The lowest BCUT2D eigenvalue weighted by molar-refractivity contribution is -0.120. The lowest BCUT2D eigenvalue weighted by atomic mass is 9.85. The molecule has 0 spiro atoms. The van der Waals surface area contributed by atoms with Crippen LogP contribution in [-0.4, -0.2) is 12.5 Å². The number of rotatable bonds is 4. The Bertz CT molecular complexity index is 728. The summed E-state index contributed by atoms with van der Waals surface area (Å²) in [6, 6.07) is 7.10. The highest BCUT2D eigenvalue weighted by Gasteiger charge is 2.18. The third kappa shape index (κ3) is 3.15. The molecule has 1 aromatic heterocycles. The molecule has 0 radical (unpaired) electrons. The Morgan fingerprint density at radius 1 is 1.33 bits per heavy atom. The first-order chi connectivity index (χ1) is 10.1. The highest BCUT2D eigenvalue weighted by Crippen LogP contribution is 2.25. The molecule has 1 saturated carbocycles. The fraction of sp³-hybridized carbons (Fsp3) is 0.412. The minimum Gasteiger partial charge on any atom is -0.423 e. The molecule has 0 aliphatic heterocycles. The predicted molar refractivity (Wildman–Crippen MR) is 81.3 cm³/mol. The fourth-order valence-corrected chi connectivity index (χ4v) is 2.67. The number of hydrogen-bond acceptors (Lipinski definition) is 3. The van der Waals surface area contributed by atoms with Gasteiger partial charge in [-0.1, -0.05) is 18.6 Å². The minimum absolute atomic E-state index is 0.0330. The number of nitrogens with one attached hydrogen (secondary N) is 1. The molecule has 4 nitrogen and oxygen atoms in total. The third-order valence-corrected chi connectivity index (χ3v) is 4.15. The van der Waals surface area contributed by atoms with E-state index in [9.17, 15) is 9.59 Å². The van der Waals surface area contributed by atoms with Crippen LogP contribution in [0.25, 0.3) is 11.0 Å². The van der Waals surface area contributed by atoms with Gasteiger partial charge >= 0.3 is 5.63 Å². The molecule has 21 heavy (non-hydrogen) atoms. The van der Waals surface area contributed by atoms with Crippen molar-refractivity contribution in [3.63, 3.8) is 0 Å². The van der Waals surface area contributed by atoms with E-state index in [1.54, 1.807) is 0 Å². The van der Waals surface area contributed by atoms with Crippen molar-refractivity contribution in [3.8, 4) is 0 Å². The largest absolute Gasteiger partial charge is 0.423 e. The molecule has 1 heterocycles. The summed E-state index contributed by atoms with van der Waals surface area (Å²) >= 11 is 0. The zero-order chi connectivity index (χ0) is 14.8. The SMILES string of the molecule is Cc1ccc2c(CC(=O)NCC3CCC3)cc(=O)oc2c1. The molecule has 1 N–H and O–H groups in total. The van der Waals surface area contributed by atoms with Gasteiger partial charge in [-0.3, -0.25) is 4.79 Å². The maximum atomic E-state index is 12.0. The molecule has 1 aliphatic carbocycles. The summed E-state index contributed by atoms with van der Waals surface area (Å²) < 4.78 is 5.20. The van der Waals surface area contributed by atoms with Gasteiger partial charge in [0.15, 0.2) is 0 Å². The summed E-state index contributed by atoms with van der Waals surface area (Å²) in [5.74, 6) is 0.601. The van der Waals surface area contributed by atoms with Crippen molar-refractivity contribution in [2.24, 2.45) is 5.92 Å². The number of hydrogen-bond donors (Lipinski definition) is 1. The van der Waals surface area contributed by atoms with Crippen LogP contribution in [0.4, 0.5) is 0 Å². The molecular formula is C17H19NO3. The Hall–Kier alpha value is -2.10. The number of fused-ring (bicyclic) bond motifs is 1. The molecule has 1 amide bonds. The first-order valence-electron chi connectivity index (χ1n) is 7.42. The van der Waals surface area contributed by atoms with Gasteiger partial charge in [0, 0.05) is 18.0 Å². The van der Waals surface area contributed by atoms with E-state index < -0.39 is 5.63 Å². The van der Waals surface area contributed by atoms with Crippen LogP contribution < -0.4 is 10.9 Å². The maximum Gasteiger partial charge on any atom is 0.336 e. The van der Waals surface area contributed by atoms with E-state index in [0.29, 0.717) is 11.5 Å². The van der Waals surface area contributed by atoms with Gasteiger partial charge in [-0.2, -0.15) is 0 Å². The number of carbonyl (C=O) groups excluding carboxylic acids is 1. The van der Waals surface area contributed by atoms with Crippen molar-refractivity contribution in [2.45, 2.75) is 32.6 Å². The first kappa shape index (κ1) is 13.9. The van der Waals surface area contributed by atoms with Gasteiger partial charge in [0.25, 0.3) is 0 Å². The zero-order valence-corrected chi connectivity index (χ0v) is 12.1. The van der Waals surface area contributed by atoms with E-state index in [0.717, 1.165) is 23.1 Å². The van der Waals surface area contributed by atoms with Crippen molar-refractivity contribution < 1.29 is 9.21 Å². The predicted octanol–water partition coefficient (Wildman–Crippen LogP) is 2.56. The molecule has 0 unspecified atom stereocenters. The molecular weight excluding hydrogens is 266 g/mol. The number of aryl methyl sites for hydroxylation is 1. The molecule has 0 bridgehead atoms. The second-order valence-electron chi connectivity index (χ2n) is 5.87. The Labute approximate surface area is 123 Å². The Morgan fingerprint density at radius 2 is 2.14 bits per heavy atom. The van der Waals surface area contributed by atoms with Crippen LogP contribution in [0.3, 0.4) is 0 Å². The molecule has 1 aliphatic rings. The average Bonchev–Trinajstić information content (AvgIpc) is 2.35. The van der Waals surface area contributed by atoms with Gasteiger partial charge in [-0.15, -0.1) is 0 Å². The van der Waals surface area contributed by atoms with Crippen LogP contribution in [0.15, 0.2) is 33.5 Å². The number of amides is 1. The third-order valence-electron chi connectivity index (χ3n) is 4.15. The smallest absolute Gasteiger partial charge is 0.336 e. The van der Waals surface area contributed by atoms with E-state index in [1.165, 1.54) is 25.3 Å². The van der Waals surface area contributed by atoms with Crippen molar-refractivity contribution >= 4 is 16.9 Å². The Morgan fingerprint density at radius 3 is 2.86 bits per heavy atom. The van der Waals surface area contributed by atoms with Gasteiger partial charge in [0.05, 0.1) is 6.42 Å². The molecule has 3 rings (SSSR count). The maximum absolute atomic E-state index is 12.0. The van der Waals surface area contributed by atoms with E-state index in [2.05, 4.69) is 5.32 Å². The van der Waals surface area contributed by atoms with Crippen molar-refractivity contribution in [3.05, 3.63) is 45.8 Å². The average molecular weight is 285 g/mol. The van der Waals surface area contributed by atoms with Gasteiger partial charge in [-0.25, -0.2) is 4.79 Å². The van der Waals surface area contributed by atoms with Crippen LogP contribution in [-0.2, 0) is 11.2 Å². The van der Waals surface area contributed by atoms with Crippen LogP contribution in [0.1, 0.15) is 30.4 Å². The lowest BCUT2D eigenvalue weighted by Crippen LogP contribution is -2.33. The summed E-state index contributed by atoms with van der Waals surface area (Å²) in [5, 5.41) is 3.79. The zero-order valence-electron chi connectivity index (χ0n) is 12.1. The minimum atomic E-state index is -0.408. The van der Waals surface area contributed by atoms with E-state index in [-0.39, 0.29) is 12.3 Å². The monoisotopic (exact) mass is 285 g/mol. The molecule has 110 valence electrons. The Balaban J connectivity index is 1.79. The quantitative estimate of drug-likeness (QED) is 0.878. The number of benzene rings is 1. The normalized spacial score (nSPS) is 14.9. The van der Waals surface area contributed by atoms with Crippen LogP contribution in [0, 0.1) is 12.8 Å². The van der Waals surface area contributed by atoms with Crippen LogP contribution in [0.2, 0.25) is 0 Å². The topological polar surface area (TPSA) is 59.3 Å². The first-order valence-corrected chi connectivity index (χ1v) is 7.42. The summed E-state index contributed by atoms with van der Waals surface area (Å²) in [7, 11) is 0. The fourth-order valence-electron chi connectivity index (χ4n) is 2.67. The van der Waals surface area contributed by atoms with Crippen molar-refractivity contribution in [1.82, 2.24) is 5.32 Å². The Kier molecular flexibility index (Phi) is 3.78. The molecule has 2 aromatic rings. The molecule has 0 atom stereocenters. The van der Waals surface area contributed by atoms with Gasteiger partial charge in [0.1, 0.15) is 5.58 Å². The van der Waals surface area contributed by atoms with Gasteiger partial charge in [0.2, 0.25) is 5.91 Å². The van der Waals surface area contributed by atoms with Crippen LogP contribution in [0.5, 0.6) is 0 Å². The van der Waals surface area contributed by atoms with E-state index in [4.69, 9.17) is 4.42 Å². The second-order valence-corrected chi connectivity index (χ2v) is 5.87. The summed E-state index contributed by atoms with van der Waals surface area (Å²) in [6.45, 7) is 2.69. The lowest BCUT2D eigenvalue weighted by Gasteiger charge is -2.25. The van der Waals surface area contributed by atoms with E-state index >= 15 is 0 Å². The molecule has 1 aromatic carbocycles.